The van der Waals surface area contributed by atoms with Gasteiger partial charge in [0.15, 0.2) is 5.96 Å². The molecule has 0 saturated heterocycles. The van der Waals surface area contributed by atoms with Gasteiger partial charge in [0.2, 0.25) is 5.91 Å². The van der Waals surface area contributed by atoms with Gasteiger partial charge in [-0.15, -0.1) is 11.7 Å². The van der Waals surface area contributed by atoms with E-state index in [0.717, 1.165) is 19.3 Å². The minimum Gasteiger partial charge on any atom is -0.370 e. The molecule has 0 rings (SSSR count). The zero-order valence-corrected chi connectivity index (χ0v) is 10.5. The first kappa shape index (κ1) is 14.4. The molecule has 0 aromatic rings. The van der Waals surface area contributed by atoms with Gasteiger partial charge in [0.1, 0.15) is 0 Å². The maximum Gasteiger partial charge on any atom is 0.233 e. The highest BCUT2D eigenvalue weighted by molar-refractivity contribution is 8.69. The molecule has 0 bridgehead atoms. The number of hydrogen-bond donors (Lipinski definition) is 4. The first-order valence-electron chi connectivity index (χ1n) is 4.69. The molecule has 7 heteroatoms. The van der Waals surface area contributed by atoms with Gasteiger partial charge in [-0.05, 0) is 19.3 Å². The molecule has 0 spiro atoms. The van der Waals surface area contributed by atoms with E-state index >= 15 is 0 Å². The molecule has 0 aliphatic heterocycles. The number of thiol groups is 1. The van der Waals surface area contributed by atoms with Gasteiger partial charge in [-0.2, -0.15) is 0 Å². The van der Waals surface area contributed by atoms with Crippen LogP contribution in [0.5, 0.6) is 0 Å². The number of aliphatic imine (C=N–C) groups is 1. The largest absolute Gasteiger partial charge is 0.370 e. The molecule has 15 heavy (non-hydrogen) atoms. The van der Waals surface area contributed by atoms with Gasteiger partial charge < -0.3 is 16.8 Å². The lowest BCUT2D eigenvalue weighted by atomic mass is 10.2. The van der Waals surface area contributed by atoms with Crippen molar-refractivity contribution in [2.45, 2.75) is 24.5 Å². The summed E-state index contributed by atoms with van der Waals surface area (Å²) in [4.78, 5) is 15.1. The zero-order chi connectivity index (χ0) is 11.7. The van der Waals surface area contributed by atoms with Gasteiger partial charge in [0.25, 0.3) is 0 Å². The van der Waals surface area contributed by atoms with E-state index in [1.807, 2.05) is 0 Å². The number of nitrogens with zero attached hydrogens (tertiary/aromatic N) is 1. The summed E-state index contributed by atoms with van der Waals surface area (Å²) in [6.07, 6.45) is 2.57. The van der Waals surface area contributed by atoms with Crippen LogP contribution in [0.4, 0.5) is 0 Å². The zero-order valence-electron chi connectivity index (χ0n) is 8.77. The van der Waals surface area contributed by atoms with E-state index in [9.17, 15) is 4.79 Å². The molecule has 0 saturated carbocycles. The third-order valence-electron chi connectivity index (χ3n) is 1.83. The number of amides is 1. The molecule has 0 aliphatic carbocycles. The first-order chi connectivity index (χ1) is 7.11. The van der Waals surface area contributed by atoms with E-state index in [2.05, 4.69) is 22.0 Å². The van der Waals surface area contributed by atoms with Gasteiger partial charge in [-0.1, -0.05) is 10.8 Å². The van der Waals surface area contributed by atoms with Crippen molar-refractivity contribution in [1.29, 1.82) is 0 Å². The van der Waals surface area contributed by atoms with E-state index in [0.29, 0.717) is 6.54 Å². The monoisotopic (exact) mass is 250 g/mol. The van der Waals surface area contributed by atoms with Gasteiger partial charge >= 0.3 is 0 Å². The highest BCUT2D eigenvalue weighted by atomic mass is 33.1. The van der Waals surface area contributed by atoms with Gasteiger partial charge in [0, 0.05) is 13.6 Å². The third kappa shape index (κ3) is 7.38. The van der Waals surface area contributed by atoms with Gasteiger partial charge in [0.05, 0.1) is 5.25 Å². The van der Waals surface area contributed by atoms with Crippen LogP contribution < -0.4 is 16.8 Å². The Bertz CT molecular complexity index is 219. The van der Waals surface area contributed by atoms with Gasteiger partial charge in [-0.25, -0.2) is 0 Å². The Morgan fingerprint density at radius 2 is 2.20 bits per heavy atom. The van der Waals surface area contributed by atoms with Crippen LogP contribution >= 0.6 is 22.5 Å². The van der Waals surface area contributed by atoms with Crippen LogP contribution in [0.1, 0.15) is 19.3 Å². The average molecular weight is 250 g/mol. The molecule has 1 atom stereocenters. The fourth-order valence-electron chi connectivity index (χ4n) is 1.04. The third-order valence-corrected chi connectivity index (χ3v) is 3.30. The van der Waals surface area contributed by atoms with Crippen molar-refractivity contribution in [3.8, 4) is 0 Å². The molecule has 0 heterocycles. The van der Waals surface area contributed by atoms with Crippen LogP contribution in [0.15, 0.2) is 4.99 Å². The lowest BCUT2D eigenvalue weighted by molar-refractivity contribution is -0.120. The second-order valence-corrected chi connectivity index (χ2v) is 4.42. The Morgan fingerprint density at radius 1 is 1.53 bits per heavy atom. The molecule has 1 amide bonds. The minimum absolute atomic E-state index is 0.0110. The summed E-state index contributed by atoms with van der Waals surface area (Å²) < 4.78 is 0. The smallest absolute Gasteiger partial charge is 0.233 e. The maximum absolute atomic E-state index is 11.3. The summed E-state index contributed by atoms with van der Waals surface area (Å²) in [5, 5.41) is 2.50. The Labute approximate surface area is 99.3 Å². The van der Waals surface area contributed by atoms with E-state index in [4.69, 9.17) is 11.5 Å². The van der Waals surface area contributed by atoms with E-state index < -0.39 is 0 Å². The first-order valence-corrected chi connectivity index (χ1v) is 6.62. The van der Waals surface area contributed by atoms with Crippen molar-refractivity contribution in [3.05, 3.63) is 0 Å². The van der Waals surface area contributed by atoms with E-state index in [-0.39, 0.29) is 17.1 Å². The number of carbonyl (C=O) groups excluding carboxylic acids is 1. The van der Waals surface area contributed by atoms with Crippen molar-refractivity contribution >= 4 is 34.3 Å². The summed E-state index contributed by atoms with van der Waals surface area (Å²) in [6, 6.07) is 0. The lowest BCUT2D eigenvalue weighted by Crippen LogP contribution is -2.28. The van der Waals surface area contributed by atoms with Crippen molar-refractivity contribution in [2.24, 2.45) is 16.5 Å². The van der Waals surface area contributed by atoms with Crippen molar-refractivity contribution < 1.29 is 4.79 Å². The molecule has 5 nitrogen and oxygen atoms in total. The van der Waals surface area contributed by atoms with Crippen LogP contribution in [-0.4, -0.2) is 30.7 Å². The molecule has 0 radical (unpaired) electrons. The SMILES string of the molecule is CNC(=O)[C@H](CCCCN=C(N)N)SS. The normalized spacial score (nSPS) is 11.9. The second-order valence-electron chi connectivity index (χ2n) is 3.01. The number of carbonyl (C=O) groups is 1. The highest BCUT2D eigenvalue weighted by Gasteiger charge is 2.15. The molecule has 5 N–H and O–H groups in total. The molecule has 0 fully saturated rings. The summed E-state index contributed by atoms with van der Waals surface area (Å²) in [7, 11) is 2.89. The van der Waals surface area contributed by atoms with Crippen molar-refractivity contribution in [2.75, 3.05) is 13.6 Å². The molecular formula is C8H18N4OS2. The predicted octanol–water partition coefficient (Wildman–Crippen LogP) is 0.123. The lowest BCUT2D eigenvalue weighted by Gasteiger charge is -2.10. The standard InChI is InChI=1S/C8H18N4OS2/c1-11-7(13)6(15-14)4-2-3-5-12-8(9)10/h6,14H,2-5H2,1H3,(H,11,13)(H4,9,10,12)/t6-/m0/s1. The highest BCUT2D eigenvalue weighted by Crippen LogP contribution is 2.20. The average Bonchev–Trinajstić information content (AvgIpc) is 2.22. The predicted molar refractivity (Wildman–Crippen MR) is 69.0 cm³/mol. The number of hydrogen-bond acceptors (Lipinski definition) is 4. The molecule has 88 valence electrons. The number of nitrogens with two attached hydrogens (primary N) is 2. The van der Waals surface area contributed by atoms with Crippen LogP contribution in [0, 0.1) is 0 Å². The molecule has 0 aliphatic rings. The minimum atomic E-state index is -0.0995. The van der Waals surface area contributed by atoms with Crippen LogP contribution in [0.3, 0.4) is 0 Å². The molecule has 0 aromatic heterocycles. The molecular weight excluding hydrogens is 232 g/mol. The number of unbranched alkanes of at least 4 members (excludes halogenated alkanes) is 1. The Morgan fingerprint density at radius 3 is 2.67 bits per heavy atom. The Hall–Kier alpha value is -0.560. The number of guanidine groups is 1. The van der Waals surface area contributed by atoms with Crippen LogP contribution in [0.25, 0.3) is 0 Å². The topological polar surface area (TPSA) is 93.5 Å². The fourth-order valence-corrected chi connectivity index (χ4v) is 2.13. The fraction of sp³-hybridized carbons (Fsp3) is 0.750. The maximum atomic E-state index is 11.3. The summed E-state index contributed by atoms with van der Waals surface area (Å²) in [5.74, 6) is 0.123. The molecule has 0 aromatic carbocycles. The van der Waals surface area contributed by atoms with Gasteiger partial charge in [-0.3, -0.25) is 9.79 Å². The Kier molecular flexibility index (Phi) is 8.40. The molecule has 0 unspecified atom stereocenters. The summed E-state index contributed by atoms with van der Waals surface area (Å²) in [6.45, 7) is 0.611. The van der Waals surface area contributed by atoms with Crippen LogP contribution in [0.2, 0.25) is 0 Å². The van der Waals surface area contributed by atoms with E-state index in [1.165, 1.54) is 10.8 Å². The number of nitrogens with one attached hydrogen (secondary N) is 1. The Balaban J connectivity index is 3.64. The number of rotatable bonds is 7. The van der Waals surface area contributed by atoms with Crippen molar-refractivity contribution in [3.63, 3.8) is 0 Å². The summed E-state index contributed by atoms with van der Waals surface area (Å²) >= 11 is 4.05. The van der Waals surface area contributed by atoms with Crippen molar-refractivity contribution in [1.82, 2.24) is 5.32 Å². The second kappa shape index (κ2) is 8.72. The quantitative estimate of drug-likeness (QED) is 0.170. The van der Waals surface area contributed by atoms with Crippen LogP contribution in [-0.2, 0) is 4.79 Å². The summed E-state index contributed by atoms with van der Waals surface area (Å²) in [5.41, 5.74) is 10.4. The van der Waals surface area contributed by atoms with E-state index in [1.54, 1.807) is 7.05 Å².